The molecule has 7 heteroatoms. The van der Waals surface area contributed by atoms with Crippen LogP contribution < -0.4 is 5.73 Å². The fraction of sp³-hybridized carbons (Fsp3) is 0.333. The van der Waals surface area contributed by atoms with E-state index < -0.39 is 17.4 Å². The summed E-state index contributed by atoms with van der Waals surface area (Å²) in [5.74, 6) is -1.19. The van der Waals surface area contributed by atoms with E-state index in [9.17, 15) is 9.59 Å². The minimum atomic E-state index is -0.992. The average Bonchev–Trinajstić information content (AvgIpc) is 2.96. The molecule has 1 aromatic carbocycles. The molecule has 1 heterocycles. The summed E-state index contributed by atoms with van der Waals surface area (Å²) in [6.07, 6.45) is 2.27. The Hall–Kier alpha value is -2.70. The van der Waals surface area contributed by atoms with Gasteiger partial charge in [0.05, 0.1) is 13.3 Å². The molecule has 1 saturated carbocycles. The van der Waals surface area contributed by atoms with Gasteiger partial charge in [0.25, 0.3) is 0 Å². The fourth-order valence-electron chi connectivity index (χ4n) is 2.81. The molecule has 0 spiro atoms. The third-order valence-corrected chi connectivity index (χ3v) is 4.14. The van der Waals surface area contributed by atoms with Crippen LogP contribution in [0.4, 0.5) is 0 Å². The summed E-state index contributed by atoms with van der Waals surface area (Å²) in [4.78, 5) is 23.4. The Morgan fingerprint density at radius 2 is 2.00 bits per heavy atom. The van der Waals surface area contributed by atoms with Crippen molar-refractivity contribution >= 4 is 11.9 Å². The number of primary amides is 1. The number of carbonyl (C=O) groups excluding carboxylic acids is 2. The van der Waals surface area contributed by atoms with Gasteiger partial charge in [-0.3, -0.25) is 4.79 Å². The second kappa shape index (κ2) is 5.25. The summed E-state index contributed by atoms with van der Waals surface area (Å²) < 4.78 is 6.36. The summed E-state index contributed by atoms with van der Waals surface area (Å²) in [5, 5.41) is 8.17. The second-order valence-electron chi connectivity index (χ2n) is 5.45. The van der Waals surface area contributed by atoms with Gasteiger partial charge in [0.15, 0.2) is 5.54 Å². The van der Waals surface area contributed by atoms with Crippen molar-refractivity contribution in [1.82, 2.24) is 15.0 Å². The van der Waals surface area contributed by atoms with Gasteiger partial charge in [0.2, 0.25) is 5.91 Å². The molecule has 1 fully saturated rings. The van der Waals surface area contributed by atoms with E-state index >= 15 is 0 Å². The average molecular weight is 300 g/mol. The lowest BCUT2D eigenvalue weighted by molar-refractivity contribution is -0.162. The second-order valence-corrected chi connectivity index (χ2v) is 5.45. The van der Waals surface area contributed by atoms with Gasteiger partial charge in [-0.15, -0.1) is 5.10 Å². The first-order valence-corrected chi connectivity index (χ1v) is 6.93. The number of aromatic nitrogens is 3. The summed E-state index contributed by atoms with van der Waals surface area (Å²) >= 11 is 0. The Bertz CT molecular complexity index is 705. The van der Waals surface area contributed by atoms with E-state index in [1.54, 1.807) is 6.20 Å². The molecule has 0 unspecified atom stereocenters. The van der Waals surface area contributed by atoms with Crippen LogP contribution in [0.3, 0.4) is 0 Å². The molecule has 0 atom stereocenters. The van der Waals surface area contributed by atoms with Crippen LogP contribution in [0.15, 0.2) is 36.5 Å². The maximum absolute atomic E-state index is 12.2. The van der Waals surface area contributed by atoms with E-state index in [0.717, 1.165) is 5.56 Å². The maximum Gasteiger partial charge on any atom is 0.333 e. The molecule has 7 nitrogen and oxygen atoms in total. The highest BCUT2D eigenvalue weighted by molar-refractivity contribution is 5.86. The van der Waals surface area contributed by atoms with Crippen molar-refractivity contribution < 1.29 is 14.3 Å². The number of methoxy groups -OCH3 is 1. The molecular formula is C15H16N4O3. The number of hydrogen-bond donors (Lipinski definition) is 1. The molecule has 2 aromatic rings. The Kier molecular flexibility index (Phi) is 3.40. The Labute approximate surface area is 127 Å². The quantitative estimate of drug-likeness (QED) is 0.838. The predicted octanol–water partition coefficient (Wildman–Crippen LogP) is 0.709. The molecule has 114 valence electrons. The molecule has 0 aliphatic heterocycles. The van der Waals surface area contributed by atoms with Crippen LogP contribution in [0.1, 0.15) is 12.8 Å². The monoisotopic (exact) mass is 300 g/mol. The van der Waals surface area contributed by atoms with Crippen molar-refractivity contribution in [3.8, 4) is 11.3 Å². The zero-order chi connectivity index (χ0) is 15.7. The number of nitrogens with zero attached hydrogens (tertiary/aromatic N) is 3. The highest BCUT2D eigenvalue weighted by Crippen LogP contribution is 2.44. The first-order valence-electron chi connectivity index (χ1n) is 6.93. The molecule has 0 bridgehead atoms. The van der Waals surface area contributed by atoms with Crippen molar-refractivity contribution in [2.45, 2.75) is 18.4 Å². The van der Waals surface area contributed by atoms with Crippen molar-refractivity contribution in [2.24, 2.45) is 11.7 Å². The highest BCUT2D eigenvalue weighted by Gasteiger charge is 2.55. The first kappa shape index (κ1) is 14.2. The third-order valence-electron chi connectivity index (χ3n) is 4.14. The minimum absolute atomic E-state index is 0.284. The highest BCUT2D eigenvalue weighted by atomic mass is 16.5. The smallest absolute Gasteiger partial charge is 0.333 e. The molecule has 0 saturated heterocycles. The molecule has 3 rings (SSSR count). The molecular weight excluding hydrogens is 284 g/mol. The molecule has 1 aromatic heterocycles. The fourth-order valence-corrected chi connectivity index (χ4v) is 2.81. The maximum atomic E-state index is 12.2. The first-order chi connectivity index (χ1) is 10.6. The van der Waals surface area contributed by atoms with Crippen molar-refractivity contribution in [3.63, 3.8) is 0 Å². The number of amides is 1. The van der Waals surface area contributed by atoms with Crippen LogP contribution in [-0.4, -0.2) is 34.0 Å². The van der Waals surface area contributed by atoms with Crippen molar-refractivity contribution in [1.29, 1.82) is 0 Å². The van der Waals surface area contributed by atoms with E-state index in [-0.39, 0.29) is 18.8 Å². The number of esters is 1. The zero-order valence-corrected chi connectivity index (χ0v) is 12.1. The van der Waals surface area contributed by atoms with Crippen LogP contribution in [0.2, 0.25) is 0 Å². The van der Waals surface area contributed by atoms with Crippen molar-refractivity contribution in [3.05, 3.63) is 36.5 Å². The third kappa shape index (κ3) is 2.14. The van der Waals surface area contributed by atoms with Crippen LogP contribution >= 0.6 is 0 Å². The number of nitrogens with two attached hydrogens (primary N) is 1. The van der Waals surface area contributed by atoms with Gasteiger partial charge >= 0.3 is 5.97 Å². The number of rotatable bonds is 4. The van der Waals surface area contributed by atoms with E-state index in [4.69, 9.17) is 10.5 Å². The van der Waals surface area contributed by atoms with Gasteiger partial charge in [0.1, 0.15) is 5.69 Å². The SMILES string of the molecule is COC(=O)C1(n2cc(-c3ccccc3)nn2)CC(C(N)=O)C1. The largest absolute Gasteiger partial charge is 0.467 e. The van der Waals surface area contributed by atoms with Gasteiger partial charge in [0, 0.05) is 11.5 Å². The predicted molar refractivity (Wildman–Crippen MR) is 77.4 cm³/mol. The van der Waals surface area contributed by atoms with Gasteiger partial charge in [-0.2, -0.15) is 0 Å². The minimum Gasteiger partial charge on any atom is -0.467 e. The van der Waals surface area contributed by atoms with E-state index in [2.05, 4.69) is 10.3 Å². The number of hydrogen-bond acceptors (Lipinski definition) is 5. The van der Waals surface area contributed by atoms with Crippen LogP contribution in [-0.2, 0) is 19.9 Å². The van der Waals surface area contributed by atoms with E-state index in [1.165, 1.54) is 11.8 Å². The molecule has 22 heavy (non-hydrogen) atoms. The standard InChI is InChI=1S/C15H16N4O3/c1-22-14(21)15(7-11(8-15)13(16)20)19-9-12(17-18-19)10-5-3-2-4-6-10/h2-6,9,11H,7-8H2,1H3,(H2,16,20). The number of carbonyl (C=O) groups is 2. The van der Waals surface area contributed by atoms with E-state index in [1.807, 2.05) is 30.3 Å². The normalized spacial score (nSPS) is 23.6. The molecule has 1 aliphatic rings. The summed E-state index contributed by atoms with van der Waals surface area (Å²) in [6, 6.07) is 9.53. The molecule has 0 radical (unpaired) electrons. The topological polar surface area (TPSA) is 100 Å². The van der Waals surface area contributed by atoms with Gasteiger partial charge in [-0.05, 0) is 12.8 Å². The van der Waals surface area contributed by atoms with Crippen LogP contribution in [0, 0.1) is 5.92 Å². The number of ether oxygens (including phenoxy) is 1. The van der Waals surface area contributed by atoms with Gasteiger partial charge in [-0.25, -0.2) is 9.48 Å². The Morgan fingerprint density at radius 3 is 2.59 bits per heavy atom. The van der Waals surface area contributed by atoms with Crippen LogP contribution in [0.5, 0.6) is 0 Å². The lowest BCUT2D eigenvalue weighted by Crippen LogP contribution is -2.56. The van der Waals surface area contributed by atoms with Crippen molar-refractivity contribution in [2.75, 3.05) is 7.11 Å². The Balaban J connectivity index is 1.92. The number of benzene rings is 1. The van der Waals surface area contributed by atoms with Gasteiger partial charge < -0.3 is 10.5 Å². The van der Waals surface area contributed by atoms with E-state index in [0.29, 0.717) is 5.69 Å². The lowest BCUT2D eigenvalue weighted by atomic mass is 9.68. The van der Waals surface area contributed by atoms with Crippen LogP contribution in [0.25, 0.3) is 11.3 Å². The Morgan fingerprint density at radius 1 is 1.32 bits per heavy atom. The summed E-state index contributed by atoms with van der Waals surface area (Å²) in [7, 11) is 1.32. The molecule has 1 aliphatic carbocycles. The zero-order valence-electron chi connectivity index (χ0n) is 12.1. The van der Waals surface area contributed by atoms with Gasteiger partial charge in [-0.1, -0.05) is 35.5 Å². The lowest BCUT2D eigenvalue weighted by Gasteiger charge is -2.43. The summed E-state index contributed by atoms with van der Waals surface area (Å²) in [5.41, 5.74) is 5.87. The summed E-state index contributed by atoms with van der Waals surface area (Å²) in [6.45, 7) is 0. The molecule has 1 amide bonds. The molecule has 2 N–H and O–H groups in total.